The summed E-state index contributed by atoms with van der Waals surface area (Å²) in [6.45, 7) is 7.89. The molecule has 0 aliphatic carbocycles. The van der Waals surface area contributed by atoms with Crippen molar-refractivity contribution in [1.82, 2.24) is 29.7 Å². The Morgan fingerprint density at radius 1 is 1.11 bits per heavy atom. The molecule has 0 saturated carbocycles. The molecule has 0 spiro atoms. The van der Waals surface area contributed by atoms with Crippen molar-refractivity contribution in [2.24, 2.45) is 10.7 Å². The minimum absolute atomic E-state index is 0. The number of aliphatic imine (C=N–C) groups is 1. The van der Waals surface area contributed by atoms with Crippen LogP contribution in [-0.4, -0.2) is 136 Å². The SMILES string of the molecule is CC#CCN1C(=[N+]2CCC[C@@H](N)C2)N=C2C1C(=O)N(CCCN1CCN(c3nc(-c4ccccc4)no3)CC1)C(=O)N2C.Cl. The number of amidine groups is 1. The Balaban J connectivity index is 0.00000384. The van der Waals surface area contributed by atoms with Gasteiger partial charge in [-0.25, -0.2) is 9.69 Å². The highest BCUT2D eigenvalue weighted by atomic mass is 35.5. The van der Waals surface area contributed by atoms with Crippen LogP contribution in [0.1, 0.15) is 26.2 Å². The van der Waals surface area contributed by atoms with Gasteiger partial charge in [-0.3, -0.25) is 24.1 Å². The number of anilines is 1. The van der Waals surface area contributed by atoms with E-state index in [9.17, 15) is 9.59 Å². The molecular formula is C30H40ClN10O3+. The average Bonchev–Trinajstić information content (AvgIpc) is 3.68. The highest BCUT2D eigenvalue weighted by Gasteiger charge is 2.55. The summed E-state index contributed by atoms with van der Waals surface area (Å²) < 4.78 is 7.66. The smallest absolute Gasteiger partial charge is 0.325 e. The molecule has 3 saturated heterocycles. The lowest BCUT2D eigenvalue weighted by Crippen LogP contribution is -2.64. The predicted octanol–water partition coefficient (Wildman–Crippen LogP) is 1.16. The molecule has 2 aromatic rings. The van der Waals surface area contributed by atoms with Crippen LogP contribution in [0.25, 0.3) is 11.4 Å². The summed E-state index contributed by atoms with van der Waals surface area (Å²) in [5, 5.41) is 4.14. The topological polar surface area (TPSA) is 131 Å². The molecule has 3 amide bonds. The molecule has 4 aliphatic heterocycles. The lowest BCUT2D eigenvalue weighted by molar-refractivity contribution is -0.544. The second-order valence-corrected chi connectivity index (χ2v) is 11.4. The van der Waals surface area contributed by atoms with Gasteiger partial charge in [-0.2, -0.15) is 4.98 Å². The summed E-state index contributed by atoms with van der Waals surface area (Å²) in [7, 11) is 1.70. The van der Waals surface area contributed by atoms with E-state index in [0.29, 0.717) is 49.7 Å². The van der Waals surface area contributed by atoms with E-state index in [4.69, 9.17) is 15.2 Å². The number of guanidine groups is 1. The third kappa shape index (κ3) is 6.29. The number of amides is 3. The van der Waals surface area contributed by atoms with Crippen molar-refractivity contribution < 1.29 is 18.7 Å². The van der Waals surface area contributed by atoms with Crippen LogP contribution in [0.2, 0.25) is 0 Å². The van der Waals surface area contributed by atoms with Crippen molar-refractivity contribution in [3.8, 4) is 23.2 Å². The van der Waals surface area contributed by atoms with Gasteiger partial charge in [0.1, 0.15) is 6.54 Å². The number of piperidine rings is 1. The van der Waals surface area contributed by atoms with E-state index in [-0.39, 0.29) is 30.4 Å². The van der Waals surface area contributed by atoms with Gasteiger partial charge in [-0.1, -0.05) is 46.4 Å². The van der Waals surface area contributed by atoms with Gasteiger partial charge in [0.05, 0.1) is 13.1 Å². The second kappa shape index (κ2) is 13.8. The fourth-order valence-corrected chi connectivity index (χ4v) is 6.15. The van der Waals surface area contributed by atoms with Crippen LogP contribution < -0.4 is 10.6 Å². The zero-order valence-electron chi connectivity index (χ0n) is 25.3. The molecule has 4 aliphatic rings. The van der Waals surface area contributed by atoms with Crippen LogP contribution in [0.5, 0.6) is 0 Å². The molecule has 1 unspecified atom stereocenters. The van der Waals surface area contributed by atoms with Gasteiger partial charge in [0.15, 0.2) is 0 Å². The van der Waals surface area contributed by atoms with Gasteiger partial charge >= 0.3 is 18.0 Å². The van der Waals surface area contributed by atoms with E-state index in [1.54, 1.807) is 14.0 Å². The molecule has 6 rings (SSSR count). The number of hydrogen-bond donors (Lipinski definition) is 1. The Hall–Kier alpha value is -3.99. The maximum Gasteiger partial charge on any atom is 0.393 e. The molecule has 1 aromatic carbocycles. The number of hydrogen-bond acceptors (Lipinski definition) is 8. The van der Waals surface area contributed by atoms with Crippen molar-refractivity contribution in [2.75, 3.05) is 70.9 Å². The fourth-order valence-electron chi connectivity index (χ4n) is 6.15. The molecule has 3 fully saturated rings. The monoisotopic (exact) mass is 623 g/mol. The lowest BCUT2D eigenvalue weighted by Gasteiger charge is -2.36. The molecule has 2 N–H and O–H groups in total. The van der Waals surface area contributed by atoms with E-state index < -0.39 is 6.04 Å². The number of nitrogens with two attached hydrogens (primary N) is 1. The number of piperazine rings is 1. The molecule has 234 valence electrons. The Morgan fingerprint density at radius 2 is 1.89 bits per heavy atom. The molecule has 0 radical (unpaired) electrons. The minimum atomic E-state index is -0.671. The number of imide groups is 1. The summed E-state index contributed by atoms with van der Waals surface area (Å²) in [6.07, 6.45) is 2.60. The third-order valence-corrected chi connectivity index (χ3v) is 8.50. The first kappa shape index (κ1) is 31.4. The number of nitrogens with zero attached hydrogens (tertiary/aromatic N) is 9. The number of carbonyl (C=O) groups is 2. The van der Waals surface area contributed by atoms with Crippen LogP contribution in [0, 0.1) is 11.8 Å². The maximum atomic E-state index is 13.8. The molecule has 14 heteroatoms. The van der Waals surface area contributed by atoms with E-state index in [1.165, 1.54) is 9.80 Å². The number of likely N-dealkylation sites (N-methyl/N-ethyl adjacent to an activating group) is 1. The number of carbonyl (C=O) groups excluding carboxylic acids is 2. The van der Waals surface area contributed by atoms with E-state index in [2.05, 4.69) is 36.4 Å². The standard InChI is InChI=1S/C30H39N10O3.ClH/c1-3-4-15-39-24-26(33-28(39)38-14-8-12-23(31)21-38)35(2)30(42)40(27(24)41)16-9-13-36-17-19-37(20-18-36)29-32-25(34-43-29)22-10-6-5-7-11-22;/h5-7,10-11,23-24H,8-9,12-21,31H2,1-2H3;1H/q+1;/t23-,24?;/m1./s1. The number of aromatic nitrogens is 2. The Morgan fingerprint density at radius 3 is 2.61 bits per heavy atom. The molecule has 13 nitrogen and oxygen atoms in total. The molecule has 0 bridgehead atoms. The van der Waals surface area contributed by atoms with Crippen LogP contribution in [0.4, 0.5) is 10.8 Å². The zero-order chi connectivity index (χ0) is 29.9. The summed E-state index contributed by atoms with van der Waals surface area (Å²) in [5.74, 6) is 7.52. The van der Waals surface area contributed by atoms with Crippen molar-refractivity contribution in [1.29, 1.82) is 0 Å². The number of rotatable bonds is 7. The first-order valence-electron chi connectivity index (χ1n) is 15.0. The van der Waals surface area contributed by atoms with Gasteiger partial charge in [0, 0.05) is 51.4 Å². The summed E-state index contributed by atoms with van der Waals surface area (Å²) in [6, 6.07) is 9.35. The number of halogens is 1. The molecule has 5 heterocycles. The quantitative estimate of drug-likeness (QED) is 0.357. The van der Waals surface area contributed by atoms with Crippen molar-refractivity contribution in [2.45, 2.75) is 38.3 Å². The fraction of sp³-hybridized carbons (Fsp3) is 0.533. The Bertz CT molecular complexity index is 1470. The third-order valence-electron chi connectivity index (χ3n) is 8.50. The molecule has 1 aromatic heterocycles. The largest absolute Gasteiger partial charge is 0.393 e. The van der Waals surface area contributed by atoms with Gasteiger partial charge in [-0.15, -0.1) is 18.3 Å². The maximum absolute atomic E-state index is 13.8. The summed E-state index contributed by atoms with van der Waals surface area (Å²) in [5.41, 5.74) is 7.18. The van der Waals surface area contributed by atoms with Gasteiger partial charge < -0.3 is 15.2 Å². The van der Waals surface area contributed by atoms with Crippen molar-refractivity contribution >= 4 is 42.2 Å². The van der Waals surface area contributed by atoms with Gasteiger partial charge in [0.25, 0.3) is 5.91 Å². The van der Waals surface area contributed by atoms with Crippen LogP contribution in [0.15, 0.2) is 39.8 Å². The van der Waals surface area contributed by atoms with Crippen molar-refractivity contribution in [3.05, 3.63) is 30.3 Å². The Kier molecular flexibility index (Phi) is 9.83. The highest BCUT2D eigenvalue weighted by Crippen LogP contribution is 2.25. The van der Waals surface area contributed by atoms with E-state index in [0.717, 1.165) is 57.7 Å². The molecular weight excluding hydrogens is 584 g/mol. The van der Waals surface area contributed by atoms with Crippen LogP contribution in [-0.2, 0) is 4.79 Å². The lowest BCUT2D eigenvalue weighted by atomic mass is 10.1. The molecule has 2 atom stereocenters. The zero-order valence-corrected chi connectivity index (χ0v) is 26.1. The van der Waals surface area contributed by atoms with Crippen molar-refractivity contribution in [3.63, 3.8) is 0 Å². The minimum Gasteiger partial charge on any atom is -0.325 e. The van der Waals surface area contributed by atoms with Gasteiger partial charge in [0.2, 0.25) is 17.7 Å². The first-order valence-corrected chi connectivity index (χ1v) is 15.0. The number of fused-ring (bicyclic) bond motifs is 1. The molecule has 44 heavy (non-hydrogen) atoms. The number of urea groups is 1. The van der Waals surface area contributed by atoms with Crippen LogP contribution >= 0.6 is 12.4 Å². The summed E-state index contributed by atoms with van der Waals surface area (Å²) in [4.78, 5) is 45.8. The number of benzene rings is 1. The van der Waals surface area contributed by atoms with Crippen LogP contribution in [0.3, 0.4) is 0 Å². The highest BCUT2D eigenvalue weighted by molar-refractivity contribution is 6.25. The average molecular weight is 624 g/mol. The Labute approximate surface area is 263 Å². The summed E-state index contributed by atoms with van der Waals surface area (Å²) >= 11 is 0. The van der Waals surface area contributed by atoms with E-state index in [1.807, 2.05) is 35.2 Å². The van der Waals surface area contributed by atoms with Gasteiger partial charge in [-0.05, 0) is 32.7 Å². The van der Waals surface area contributed by atoms with E-state index >= 15 is 0 Å². The first-order chi connectivity index (χ1) is 20.9. The normalized spacial score (nSPS) is 24.1. The predicted molar refractivity (Wildman–Crippen MR) is 169 cm³/mol. The second-order valence-electron chi connectivity index (χ2n) is 11.4.